The van der Waals surface area contributed by atoms with Gasteiger partial charge in [0, 0.05) is 7.11 Å². The number of aromatic nitrogens is 3. The molecule has 0 atom stereocenters. The monoisotopic (exact) mass is 316 g/mol. The molecule has 1 amide bonds. The van der Waals surface area contributed by atoms with Gasteiger partial charge in [-0.05, 0) is 38.1 Å². The van der Waals surface area contributed by atoms with Crippen molar-refractivity contribution in [3.05, 3.63) is 36.3 Å². The Morgan fingerprint density at radius 2 is 2.13 bits per heavy atom. The van der Waals surface area contributed by atoms with Gasteiger partial charge in [0.25, 0.3) is 0 Å². The third-order valence-electron chi connectivity index (χ3n) is 3.65. The molecular weight excluding hydrogens is 299 g/mol. The number of imidazole rings is 1. The van der Waals surface area contributed by atoms with E-state index < -0.39 is 11.5 Å². The Balaban J connectivity index is 1.96. The molecule has 7 heteroatoms. The van der Waals surface area contributed by atoms with E-state index in [4.69, 9.17) is 4.74 Å². The molecule has 0 fully saturated rings. The molecule has 23 heavy (non-hydrogen) atoms. The summed E-state index contributed by atoms with van der Waals surface area (Å²) < 4.78 is 20.3. The molecule has 0 aromatic carbocycles. The number of halogens is 1. The molecule has 0 radical (unpaired) electrons. The minimum absolute atomic E-state index is 0.170. The van der Waals surface area contributed by atoms with Crippen molar-refractivity contribution in [2.24, 2.45) is 0 Å². The topological polar surface area (TPSA) is 69.0 Å². The SMILES string of the molecule is COC(C)(C)CC(=O)Nc1nc2ccc(F)nc2n1C1=CC=C1. The molecule has 120 valence electrons. The highest BCUT2D eigenvalue weighted by Gasteiger charge is 2.24. The van der Waals surface area contributed by atoms with Crippen molar-refractivity contribution in [3.8, 4) is 0 Å². The highest BCUT2D eigenvalue weighted by molar-refractivity contribution is 5.94. The normalized spacial score (nSPS) is 13.8. The minimum Gasteiger partial charge on any atom is -0.378 e. The van der Waals surface area contributed by atoms with Gasteiger partial charge < -0.3 is 4.74 Å². The molecule has 0 saturated heterocycles. The van der Waals surface area contributed by atoms with Crippen LogP contribution in [0.2, 0.25) is 0 Å². The number of amides is 1. The third kappa shape index (κ3) is 3.00. The first kappa shape index (κ1) is 15.4. The Morgan fingerprint density at radius 3 is 2.74 bits per heavy atom. The lowest BCUT2D eigenvalue weighted by atomic mass is 10.1. The van der Waals surface area contributed by atoms with Crippen LogP contribution in [0.1, 0.15) is 20.3 Å². The highest BCUT2D eigenvalue weighted by atomic mass is 19.1. The average molecular weight is 316 g/mol. The van der Waals surface area contributed by atoms with E-state index in [1.54, 1.807) is 11.7 Å². The lowest BCUT2D eigenvalue weighted by molar-refractivity contribution is -0.121. The molecule has 2 aromatic heterocycles. The maximum atomic E-state index is 13.4. The number of nitrogens with zero attached hydrogens (tertiary/aromatic N) is 3. The van der Waals surface area contributed by atoms with Crippen LogP contribution < -0.4 is 5.32 Å². The van der Waals surface area contributed by atoms with E-state index >= 15 is 0 Å². The van der Waals surface area contributed by atoms with Gasteiger partial charge in [0.05, 0.1) is 17.7 Å². The zero-order valence-corrected chi connectivity index (χ0v) is 13.1. The molecule has 1 aliphatic rings. The molecular formula is C16H17FN4O2. The van der Waals surface area contributed by atoms with Crippen LogP contribution in [0.15, 0.2) is 30.4 Å². The summed E-state index contributed by atoms with van der Waals surface area (Å²) in [6, 6.07) is 2.77. The zero-order chi connectivity index (χ0) is 16.6. The van der Waals surface area contributed by atoms with Crippen LogP contribution in [0.3, 0.4) is 0 Å². The molecule has 0 spiro atoms. The Hall–Kier alpha value is -2.54. The molecule has 1 aliphatic carbocycles. The maximum Gasteiger partial charge on any atom is 0.229 e. The van der Waals surface area contributed by atoms with Crippen molar-refractivity contribution in [2.75, 3.05) is 12.4 Å². The first-order valence-electron chi connectivity index (χ1n) is 7.18. The zero-order valence-electron chi connectivity index (χ0n) is 13.1. The van der Waals surface area contributed by atoms with Crippen LogP contribution in [0.4, 0.5) is 10.3 Å². The summed E-state index contributed by atoms with van der Waals surface area (Å²) in [6.45, 7) is 3.65. The van der Waals surface area contributed by atoms with E-state index in [0.29, 0.717) is 17.1 Å². The summed E-state index contributed by atoms with van der Waals surface area (Å²) in [5.41, 5.74) is 1.07. The van der Waals surface area contributed by atoms with Crippen molar-refractivity contribution in [1.82, 2.24) is 14.5 Å². The van der Waals surface area contributed by atoms with Crippen LogP contribution in [0.25, 0.3) is 16.9 Å². The number of hydrogen-bond acceptors (Lipinski definition) is 4. The van der Waals surface area contributed by atoms with Crippen LogP contribution >= 0.6 is 0 Å². The van der Waals surface area contributed by atoms with Crippen molar-refractivity contribution in [3.63, 3.8) is 0 Å². The van der Waals surface area contributed by atoms with E-state index in [2.05, 4.69) is 15.3 Å². The fraction of sp³-hybridized carbons (Fsp3) is 0.312. The Labute approximate surface area is 132 Å². The average Bonchev–Trinajstić information content (AvgIpc) is 2.74. The summed E-state index contributed by atoms with van der Waals surface area (Å²) in [4.78, 5) is 20.5. The summed E-state index contributed by atoms with van der Waals surface area (Å²) in [6.07, 6.45) is 5.69. The lowest BCUT2D eigenvalue weighted by Crippen LogP contribution is -2.30. The highest BCUT2D eigenvalue weighted by Crippen LogP contribution is 2.27. The van der Waals surface area contributed by atoms with E-state index in [-0.39, 0.29) is 12.3 Å². The number of anilines is 1. The van der Waals surface area contributed by atoms with Gasteiger partial charge in [-0.25, -0.2) is 4.98 Å². The lowest BCUT2D eigenvalue weighted by Gasteiger charge is -2.22. The van der Waals surface area contributed by atoms with Crippen molar-refractivity contribution < 1.29 is 13.9 Å². The van der Waals surface area contributed by atoms with Gasteiger partial charge in [-0.1, -0.05) is 6.08 Å². The number of rotatable bonds is 5. The number of ether oxygens (including phenoxy) is 1. The van der Waals surface area contributed by atoms with Gasteiger partial charge in [-0.3, -0.25) is 14.7 Å². The van der Waals surface area contributed by atoms with Gasteiger partial charge in [0.1, 0.15) is 5.52 Å². The van der Waals surface area contributed by atoms with Gasteiger partial charge in [-0.15, -0.1) is 0 Å². The van der Waals surface area contributed by atoms with E-state index in [1.807, 2.05) is 32.1 Å². The third-order valence-corrected chi connectivity index (χ3v) is 3.65. The summed E-state index contributed by atoms with van der Waals surface area (Å²) in [5.74, 6) is -0.524. The largest absolute Gasteiger partial charge is 0.378 e. The molecule has 1 N–H and O–H groups in total. The predicted octanol–water partition coefficient (Wildman–Crippen LogP) is 2.73. The van der Waals surface area contributed by atoms with Crippen molar-refractivity contribution in [2.45, 2.75) is 25.9 Å². The van der Waals surface area contributed by atoms with Gasteiger partial charge >= 0.3 is 0 Å². The molecule has 2 heterocycles. The molecule has 0 aliphatic heterocycles. The smallest absolute Gasteiger partial charge is 0.229 e. The number of carbonyl (C=O) groups excluding carboxylic acids is 1. The first-order valence-corrected chi connectivity index (χ1v) is 7.18. The van der Waals surface area contributed by atoms with E-state index in [1.165, 1.54) is 12.1 Å². The summed E-state index contributed by atoms with van der Waals surface area (Å²) >= 11 is 0. The number of nitrogens with one attached hydrogen (secondary N) is 1. The molecule has 0 saturated carbocycles. The first-order chi connectivity index (χ1) is 10.9. The van der Waals surface area contributed by atoms with Crippen LogP contribution in [-0.2, 0) is 9.53 Å². The van der Waals surface area contributed by atoms with Gasteiger partial charge in [0.15, 0.2) is 5.65 Å². The Morgan fingerprint density at radius 1 is 1.39 bits per heavy atom. The van der Waals surface area contributed by atoms with Crippen molar-refractivity contribution >= 4 is 28.7 Å². The van der Waals surface area contributed by atoms with Crippen LogP contribution in [-0.4, -0.2) is 33.2 Å². The predicted molar refractivity (Wildman–Crippen MR) is 85.2 cm³/mol. The fourth-order valence-corrected chi connectivity index (χ4v) is 2.22. The van der Waals surface area contributed by atoms with Crippen LogP contribution in [0, 0.1) is 5.95 Å². The molecule has 0 unspecified atom stereocenters. The number of allylic oxidation sites excluding steroid dienone is 4. The summed E-state index contributed by atoms with van der Waals surface area (Å²) in [7, 11) is 1.55. The van der Waals surface area contributed by atoms with Gasteiger partial charge in [0.2, 0.25) is 17.8 Å². The number of pyridine rings is 1. The second kappa shape index (κ2) is 5.58. The summed E-state index contributed by atoms with van der Waals surface area (Å²) in [5, 5.41) is 2.75. The van der Waals surface area contributed by atoms with Crippen LogP contribution in [0.5, 0.6) is 0 Å². The number of fused-ring (bicyclic) bond motifs is 1. The Kier molecular flexibility index (Phi) is 3.73. The van der Waals surface area contributed by atoms with E-state index in [9.17, 15) is 9.18 Å². The van der Waals surface area contributed by atoms with Crippen molar-refractivity contribution in [1.29, 1.82) is 0 Å². The molecule has 2 aromatic rings. The van der Waals surface area contributed by atoms with E-state index in [0.717, 1.165) is 5.70 Å². The minimum atomic E-state index is -0.596. The molecule has 0 bridgehead atoms. The van der Waals surface area contributed by atoms with Gasteiger partial charge in [-0.2, -0.15) is 9.37 Å². The quantitative estimate of drug-likeness (QED) is 0.861. The second-order valence-corrected chi connectivity index (χ2v) is 5.89. The fourth-order valence-electron chi connectivity index (χ4n) is 2.22. The number of methoxy groups -OCH3 is 1. The standard InChI is InChI=1S/C16H17FN4O2/c1-16(2,23-3)9-13(22)20-15-18-11-7-8-12(17)19-14(11)21(15)10-5-4-6-10/h4-8H,9H2,1-3H3,(H,18,20,22). The number of hydrogen-bond donors (Lipinski definition) is 1. The Bertz CT molecular complexity index is 836. The maximum absolute atomic E-state index is 13.4. The molecule has 6 nitrogen and oxygen atoms in total. The number of carbonyl (C=O) groups is 1. The second-order valence-electron chi connectivity index (χ2n) is 5.89. The molecule has 3 rings (SSSR count).